The predicted molar refractivity (Wildman–Crippen MR) is 121 cm³/mol. The molecular weight excluding hydrogens is 411 g/mol. The number of para-hydroxylation sites is 2. The van der Waals surface area contributed by atoms with Gasteiger partial charge in [0.15, 0.2) is 5.58 Å². The Balaban J connectivity index is 1.61. The summed E-state index contributed by atoms with van der Waals surface area (Å²) in [6.07, 6.45) is 1.73. The highest BCUT2D eigenvalue weighted by Crippen LogP contribution is 2.29. The van der Waals surface area contributed by atoms with Crippen molar-refractivity contribution in [3.05, 3.63) is 58.6 Å². The van der Waals surface area contributed by atoms with Gasteiger partial charge >= 0.3 is 0 Å². The van der Waals surface area contributed by atoms with Crippen molar-refractivity contribution in [2.75, 3.05) is 31.1 Å². The number of pyridine rings is 1. The summed E-state index contributed by atoms with van der Waals surface area (Å²) >= 11 is 0. The smallest absolute Gasteiger partial charge is 0.232 e. The Bertz CT molecular complexity index is 1370. The number of anilines is 1. The van der Waals surface area contributed by atoms with Crippen LogP contribution in [0.3, 0.4) is 0 Å². The summed E-state index contributed by atoms with van der Waals surface area (Å²) in [4.78, 5) is 33.0. The third kappa shape index (κ3) is 3.32. The SMILES string of the molecule is CCn1cc(-c2nc3ccccc3o2)c(=O)c2cc(F)c(N3CCN(C(C)=O)CC3)cc21. The fourth-order valence-corrected chi connectivity index (χ4v) is 4.31. The molecule has 164 valence electrons. The summed E-state index contributed by atoms with van der Waals surface area (Å²) < 4.78 is 22.9. The molecule has 3 heterocycles. The van der Waals surface area contributed by atoms with E-state index in [9.17, 15) is 9.59 Å². The Labute approximate surface area is 183 Å². The molecule has 2 aromatic carbocycles. The van der Waals surface area contributed by atoms with E-state index in [1.165, 1.54) is 6.07 Å². The van der Waals surface area contributed by atoms with E-state index in [0.717, 1.165) is 0 Å². The summed E-state index contributed by atoms with van der Waals surface area (Å²) in [6.45, 7) is 6.27. The fraction of sp³-hybridized carbons (Fsp3) is 0.292. The quantitative estimate of drug-likeness (QED) is 0.492. The van der Waals surface area contributed by atoms with Crippen LogP contribution in [-0.4, -0.2) is 46.5 Å². The predicted octanol–water partition coefficient (Wildman–Crippen LogP) is 3.64. The van der Waals surface area contributed by atoms with Gasteiger partial charge in [0, 0.05) is 51.2 Å². The van der Waals surface area contributed by atoms with Crippen LogP contribution in [0, 0.1) is 5.82 Å². The molecule has 0 atom stereocenters. The lowest BCUT2D eigenvalue weighted by Crippen LogP contribution is -2.48. The van der Waals surface area contributed by atoms with Crippen molar-refractivity contribution in [3.63, 3.8) is 0 Å². The molecule has 5 rings (SSSR count). The second kappa shape index (κ2) is 7.78. The molecule has 0 saturated carbocycles. The number of carbonyl (C=O) groups is 1. The second-order valence-corrected chi connectivity index (χ2v) is 7.96. The Morgan fingerprint density at radius 2 is 1.91 bits per heavy atom. The molecule has 0 unspecified atom stereocenters. The first-order valence-corrected chi connectivity index (χ1v) is 10.7. The third-order valence-electron chi connectivity index (χ3n) is 6.08. The zero-order valence-corrected chi connectivity index (χ0v) is 18.0. The number of oxazole rings is 1. The van der Waals surface area contributed by atoms with E-state index >= 15 is 4.39 Å². The maximum Gasteiger partial charge on any atom is 0.232 e. The number of hydrogen-bond donors (Lipinski definition) is 0. The zero-order chi connectivity index (χ0) is 22.4. The summed E-state index contributed by atoms with van der Waals surface area (Å²) in [5.74, 6) is -0.205. The van der Waals surface area contributed by atoms with Crippen LogP contribution in [0.2, 0.25) is 0 Å². The number of benzene rings is 2. The van der Waals surface area contributed by atoms with Gasteiger partial charge in [-0.05, 0) is 31.2 Å². The molecule has 1 saturated heterocycles. The maximum atomic E-state index is 15.2. The monoisotopic (exact) mass is 434 g/mol. The first kappa shape index (κ1) is 20.2. The highest BCUT2D eigenvalue weighted by atomic mass is 19.1. The van der Waals surface area contributed by atoms with Crippen LogP contribution in [0.4, 0.5) is 10.1 Å². The van der Waals surface area contributed by atoms with Crippen molar-refractivity contribution in [2.45, 2.75) is 20.4 Å². The number of halogens is 1. The van der Waals surface area contributed by atoms with E-state index < -0.39 is 5.82 Å². The molecule has 4 aromatic rings. The molecular formula is C24H23FN4O3. The molecule has 7 nitrogen and oxygen atoms in total. The van der Waals surface area contributed by atoms with E-state index in [-0.39, 0.29) is 22.6 Å². The van der Waals surface area contributed by atoms with Gasteiger partial charge in [-0.25, -0.2) is 9.37 Å². The molecule has 2 aromatic heterocycles. The first-order valence-electron chi connectivity index (χ1n) is 10.7. The van der Waals surface area contributed by atoms with Crippen molar-refractivity contribution >= 4 is 33.6 Å². The lowest BCUT2D eigenvalue weighted by Gasteiger charge is -2.36. The van der Waals surface area contributed by atoms with Crippen LogP contribution >= 0.6 is 0 Å². The number of amides is 1. The Kier molecular flexibility index (Phi) is 4.92. The highest BCUT2D eigenvalue weighted by molar-refractivity contribution is 5.87. The van der Waals surface area contributed by atoms with Crippen molar-refractivity contribution in [3.8, 4) is 11.5 Å². The van der Waals surface area contributed by atoms with E-state index in [1.807, 2.05) is 34.6 Å². The summed E-state index contributed by atoms with van der Waals surface area (Å²) in [7, 11) is 0. The first-order chi connectivity index (χ1) is 15.5. The molecule has 8 heteroatoms. The minimum atomic E-state index is -0.455. The van der Waals surface area contributed by atoms with E-state index in [0.29, 0.717) is 60.6 Å². The molecule has 1 aliphatic rings. The topological polar surface area (TPSA) is 71.6 Å². The van der Waals surface area contributed by atoms with Crippen molar-refractivity contribution in [1.29, 1.82) is 0 Å². The molecule has 32 heavy (non-hydrogen) atoms. The number of carbonyl (C=O) groups excluding carboxylic acids is 1. The van der Waals surface area contributed by atoms with Crippen LogP contribution < -0.4 is 10.3 Å². The minimum absolute atomic E-state index is 0.0233. The van der Waals surface area contributed by atoms with Crippen LogP contribution in [0.25, 0.3) is 33.5 Å². The van der Waals surface area contributed by atoms with Gasteiger partial charge in [-0.1, -0.05) is 12.1 Å². The van der Waals surface area contributed by atoms with Crippen LogP contribution in [-0.2, 0) is 11.3 Å². The van der Waals surface area contributed by atoms with Gasteiger partial charge in [0.05, 0.1) is 11.2 Å². The van der Waals surface area contributed by atoms with Crippen LogP contribution in [0.15, 0.2) is 51.8 Å². The van der Waals surface area contributed by atoms with Gasteiger partial charge < -0.3 is 18.8 Å². The molecule has 1 amide bonds. The van der Waals surface area contributed by atoms with E-state index in [2.05, 4.69) is 4.98 Å². The largest absolute Gasteiger partial charge is 0.436 e. The van der Waals surface area contributed by atoms with Crippen LogP contribution in [0.1, 0.15) is 13.8 Å². The van der Waals surface area contributed by atoms with E-state index in [4.69, 9.17) is 4.42 Å². The Hall–Kier alpha value is -3.68. The maximum absolute atomic E-state index is 15.2. The summed E-state index contributed by atoms with van der Waals surface area (Å²) in [6, 6.07) is 10.3. The van der Waals surface area contributed by atoms with Gasteiger partial charge in [0.2, 0.25) is 17.2 Å². The number of aromatic nitrogens is 2. The van der Waals surface area contributed by atoms with Gasteiger partial charge in [0.1, 0.15) is 16.9 Å². The normalized spacial score (nSPS) is 14.5. The van der Waals surface area contributed by atoms with Gasteiger partial charge in [-0.15, -0.1) is 0 Å². The Morgan fingerprint density at radius 1 is 1.16 bits per heavy atom. The van der Waals surface area contributed by atoms with Crippen molar-refractivity contribution in [1.82, 2.24) is 14.5 Å². The number of nitrogens with zero attached hydrogens (tertiary/aromatic N) is 4. The standard InChI is InChI=1S/C24H23FN4O3/c1-3-27-14-17(24-26-19-6-4-5-7-22(19)32-24)23(31)16-12-18(25)21(13-20(16)27)29-10-8-28(9-11-29)15(2)30/h4-7,12-14H,3,8-11H2,1-2H3. The number of piperazine rings is 1. The highest BCUT2D eigenvalue weighted by Gasteiger charge is 2.23. The van der Waals surface area contributed by atoms with Gasteiger partial charge in [-0.2, -0.15) is 0 Å². The number of aryl methyl sites for hydroxylation is 1. The summed E-state index contributed by atoms with van der Waals surface area (Å²) in [5.41, 5.74) is 2.34. The fourth-order valence-electron chi connectivity index (χ4n) is 4.31. The molecule has 1 fully saturated rings. The molecule has 0 aliphatic carbocycles. The van der Waals surface area contributed by atoms with E-state index in [1.54, 1.807) is 30.2 Å². The molecule has 0 radical (unpaired) electrons. The second-order valence-electron chi connectivity index (χ2n) is 7.96. The molecule has 0 N–H and O–H groups in total. The van der Waals surface area contributed by atoms with Gasteiger partial charge in [0.25, 0.3) is 0 Å². The zero-order valence-electron chi connectivity index (χ0n) is 18.0. The minimum Gasteiger partial charge on any atom is -0.436 e. The lowest BCUT2D eigenvalue weighted by molar-refractivity contribution is -0.129. The number of hydrogen-bond acceptors (Lipinski definition) is 5. The van der Waals surface area contributed by atoms with Crippen molar-refractivity contribution < 1.29 is 13.6 Å². The average molecular weight is 434 g/mol. The average Bonchev–Trinajstić information content (AvgIpc) is 3.23. The molecule has 0 spiro atoms. The molecule has 1 aliphatic heterocycles. The van der Waals surface area contributed by atoms with Crippen molar-refractivity contribution in [2.24, 2.45) is 0 Å². The lowest BCUT2D eigenvalue weighted by atomic mass is 10.1. The van der Waals surface area contributed by atoms with Gasteiger partial charge in [-0.3, -0.25) is 9.59 Å². The molecule has 0 bridgehead atoms. The third-order valence-corrected chi connectivity index (χ3v) is 6.08. The number of fused-ring (bicyclic) bond motifs is 2. The summed E-state index contributed by atoms with van der Waals surface area (Å²) in [5, 5.41) is 0.287. The van der Waals surface area contributed by atoms with Crippen LogP contribution in [0.5, 0.6) is 0 Å². The number of rotatable bonds is 3. The Morgan fingerprint density at radius 3 is 2.59 bits per heavy atom.